The number of hydrogen-bond donors (Lipinski definition) is 1. The first kappa shape index (κ1) is 16.8. The molecule has 21 heavy (non-hydrogen) atoms. The summed E-state index contributed by atoms with van der Waals surface area (Å²) in [6.07, 6.45) is 2.06. The molecule has 0 radical (unpaired) electrons. The normalized spacial score (nSPS) is 17.5. The Hall–Kier alpha value is -0.550. The Kier molecular flexibility index (Phi) is 7.04. The minimum absolute atomic E-state index is 0.777. The second-order valence-electron chi connectivity index (χ2n) is 6.31. The lowest BCUT2D eigenvalue weighted by atomic mass is 10.1. The largest absolute Gasteiger partial charge is 0.301 e. The third-order valence-corrected chi connectivity index (χ3v) is 4.37. The Morgan fingerprint density at radius 1 is 1.00 bits per heavy atom. The summed E-state index contributed by atoms with van der Waals surface area (Å²) in [5.74, 6) is 0.777. The van der Waals surface area contributed by atoms with Crippen molar-refractivity contribution in [1.82, 2.24) is 14.5 Å². The van der Waals surface area contributed by atoms with Crippen molar-refractivity contribution in [3.05, 3.63) is 35.4 Å². The summed E-state index contributed by atoms with van der Waals surface area (Å²) in [6.45, 7) is 12.7. The number of nitrogens with zero attached hydrogens (tertiary/aromatic N) is 2. The second kappa shape index (κ2) is 8.79. The summed E-state index contributed by atoms with van der Waals surface area (Å²) in [5.41, 5.74) is 2.79. The van der Waals surface area contributed by atoms with Gasteiger partial charge in [-0.3, -0.25) is 9.62 Å². The van der Waals surface area contributed by atoms with Gasteiger partial charge in [-0.05, 0) is 23.3 Å². The summed E-state index contributed by atoms with van der Waals surface area (Å²) in [5, 5.41) is 0. The zero-order chi connectivity index (χ0) is 15.1. The molecule has 0 bridgehead atoms. The molecule has 0 amide bonds. The van der Waals surface area contributed by atoms with Crippen LogP contribution in [0.1, 0.15) is 25.0 Å². The van der Waals surface area contributed by atoms with E-state index < -0.39 is 0 Å². The van der Waals surface area contributed by atoms with Gasteiger partial charge in [0.2, 0.25) is 0 Å². The fourth-order valence-electron chi connectivity index (χ4n) is 2.82. The van der Waals surface area contributed by atoms with Crippen LogP contribution in [0.5, 0.6) is 0 Å². The minimum atomic E-state index is 0.777. The summed E-state index contributed by atoms with van der Waals surface area (Å²) in [6, 6.07) is 9.04. The molecule has 0 saturated carbocycles. The molecule has 118 valence electrons. The molecule has 1 aromatic carbocycles. The van der Waals surface area contributed by atoms with Gasteiger partial charge in [0, 0.05) is 45.8 Å². The molecule has 1 aliphatic heterocycles. The lowest BCUT2D eigenvalue weighted by Crippen LogP contribution is -2.46. The Labute approximate surface area is 134 Å². The maximum absolute atomic E-state index is 3.29. The Bertz CT molecular complexity index is 397. The lowest BCUT2D eigenvalue weighted by Gasteiger charge is -2.35. The average Bonchev–Trinajstić information content (AvgIpc) is 2.48. The standard InChI is InChI=1S/C17H29N3S/c1-15(2)13-19-8-10-20(11-9-19)14-17-6-4-16(5-7-17)12-18-21-3/h4-7,15,18H,8-14H2,1-3H3. The molecule has 1 N–H and O–H groups in total. The van der Waals surface area contributed by atoms with Crippen LogP contribution < -0.4 is 4.72 Å². The van der Waals surface area contributed by atoms with Crippen LogP contribution in [-0.2, 0) is 13.1 Å². The first-order valence-corrected chi connectivity index (χ1v) is 9.18. The second-order valence-corrected chi connectivity index (χ2v) is 7.01. The third-order valence-electron chi connectivity index (χ3n) is 3.94. The zero-order valence-corrected chi connectivity index (χ0v) is 14.5. The van der Waals surface area contributed by atoms with E-state index in [0.717, 1.165) is 19.0 Å². The van der Waals surface area contributed by atoms with Gasteiger partial charge in [0.25, 0.3) is 0 Å². The van der Waals surface area contributed by atoms with Gasteiger partial charge in [-0.25, -0.2) is 0 Å². The minimum Gasteiger partial charge on any atom is -0.301 e. The van der Waals surface area contributed by atoms with Gasteiger partial charge >= 0.3 is 0 Å². The van der Waals surface area contributed by atoms with E-state index in [-0.39, 0.29) is 0 Å². The smallest absolute Gasteiger partial charge is 0.0309 e. The van der Waals surface area contributed by atoms with Gasteiger partial charge in [0.1, 0.15) is 0 Å². The molecule has 0 unspecified atom stereocenters. The molecule has 1 aliphatic rings. The topological polar surface area (TPSA) is 18.5 Å². The number of benzene rings is 1. The molecule has 0 atom stereocenters. The molecule has 0 aromatic heterocycles. The van der Waals surface area contributed by atoms with Crippen molar-refractivity contribution in [2.75, 3.05) is 39.0 Å². The van der Waals surface area contributed by atoms with Gasteiger partial charge in [-0.2, -0.15) is 0 Å². The molecule has 1 saturated heterocycles. The van der Waals surface area contributed by atoms with E-state index in [2.05, 4.69) is 58.9 Å². The van der Waals surface area contributed by atoms with Crippen molar-refractivity contribution in [2.24, 2.45) is 5.92 Å². The summed E-state index contributed by atoms with van der Waals surface area (Å²) in [7, 11) is 0. The van der Waals surface area contributed by atoms with E-state index in [9.17, 15) is 0 Å². The van der Waals surface area contributed by atoms with Crippen LogP contribution in [0.15, 0.2) is 24.3 Å². The molecular weight excluding hydrogens is 278 g/mol. The molecule has 1 fully saturated rings. The van der Waals surface area contributed by atoms with E-state index >= 15 is 0 Å². The van der Waals surface area contributed by atoms with E-state index in [0.29, 0.717) is 0 Å². The SMILES string of the molecule is CSNCc1ccc(CN2CCN(CC(C)C)CC2)cc1. The summed E-state index contributed by atoms with van der Waals surface area (Å²) in [4.78, 5) is 5.17. The number of nitrogens with one attached hydrogen (secondary N) is 1. The predicted molar refractivity (Wildman–Crippen MR) is 93.4 cm³/mol. The van der Waals surface area contributed by atoms with Crippen LogP contribution in [0.25, 0.3) is 0 Å². The van der Waals surface area contributed by atoms with Crippen LogP contribution in [0, 0.1) is 5.92 Å². The molecule has 3 nitrogen and oxygen atoms in total. The Balaban J connectivity index is 1.75. The highest BCUT2D eigenvalue weighted by atomic mass is 32.2. The van der Waals surface area contributed by atoms with Gasteiger partial charge in [-0.1, -0.05) is 50.1 Å². The quantitative estimate of drug-likeness (QED) is 0.781. The van der Waals surface area contributed by atoms with Crippen LogP contribution in [0.3, 0.4) is 0 Å². The molecule has 0 spiro atoms. The molecular formula is C17H29N3S. The number of rotatable bonds is 7. The van der Waals surface area contributed by atoms with Crippen molar-refractivity contribution < 1.29 is 0 Å². The van der Waals surface area contributed by atoms with Crippen LogP contribution in [-0.4, -0.2) is 48.8 Å². The van der Waals surface area contributed by atoms with Gasteiger partial charge in [0.05, 0.1) is 0 Å². The van der Waals surface area contributed by atoms with Crippen molar-refractivity contribution >= 4 is 11.9 Å². The van der Waals surface area contributed by atoms with Crippen molar-refractivity contribution in [3.63, 3.8) is 0 Å². The highest BCUT2D eigenvalue weighted by molar-refractivity contribution is 7.96. The highest BCUT2D eigenvalue weighted by Gasteiger charge is 2.17. The molecule has 4 heteroatoms. The van der Waals surface area contributed by atoms with Gasteiger partial charge < -0.3 is 4.90 Å². The Morgan fingerprint density at radius 3 is 2.14 bits per heavy atom. The molecule has 1 heterocycles. The van der Waals surface area contributed by atoms with E-state index in [1.807, 2.05) is 0 Å². The summed E-state index contributed by atoms with van der Waals surface area (Å²) >= 11 is 1.67. The Morgan fingerprint density at radius 2 is 1.57 bits per heavy atom. The van der Waals surface area contributed by atoms with Crippen LogP contribution >= 0.6 is 11.9 Å². The first-order chi connectivity index (χ1) is 10.2. The fraction of sp³-hybridized carbons (Fsp3) is 0.647. The number of hydrogen-bond acceptors (Lipinski definition) is 4. The van der Waals surface area contributed by atoms with E-state index in [1.165, 1.54) is 43.9 Å². The van der Waals surface area contributed by atoms with E-state index in [1.54, 1.807) is 11.9 Å². The summed E-state index contributed by atoms with van der Waals surface area (Å²) < 4.78 is 3.29. The van der Waals surface area contributed by atoms with Gasteiger partial charge in [0.15, 0.2) is 0 Å². The van der Waals surface area contributed by atoms with Crippen LogP contribution in [0.4, 0.5) is 0 Å². The average molecular weight is 308 g/mol. The number of piperazine rings is 1. The zero-order valence-electron chi connectivity index (χ0n) is 13.6. The van der Waals surface area contributed by atoms with Gasteiger partial charge in [-0.15, -0.1) is 0 Å². The van der Waals surface area contributed by atoms with Crippen molar-refractivity contribution in [1.29, 1.82) is 0 Å². The maximum atomic E-state index is 3.29. The van der Waals surface area contributed by atoms with E-state index in [4.69, 9.17) is 0 Å². The molecule has 0 aliphatic carbocycles. The van der Waals surface area contributed by atoms with Crippen molar-refractivity contribution in [3.8, 4) is 0 Å². The lowest BCUT2D eigenvalue weighted by molar-refractivity contribution is 0.117. The third kappa shape index (κ3) is 5.99. The molecule has 1 aromatic rings. The molecule has 2 rings (SSSR count). The van der Waals surface area contributed by atoms with Crippen molar-refractivity contribution in [2.45, 2.75) is 26.9 Å². The predicted octanol–water partition coefficient (Wildman–Crippen LogP) is 2.83. The highest BCUT2D eigenvalue weighted by Crippen LogP contribution is 2.11. The monoisotopic (exact) mass is 307 g/mol. The first-order valence-electron chi connectivity index (χ1n) is 7.95. The maximum Gasteiger partial charge on any atom is 0.0309 e. The van der Waals surface area contributed by atoms with Crippen LogP contribution in [0.2, 0.25) is 0 Å². The fourth-order valence-corrected chi connectivity index (χ4v) is 3.13.